The quantitative estimate of drug-likeness (QED) is 0.641. The van der Waals surface area contributed by atoms with Crippen molar-refractivity contribution in [2.75, 3.05) is 7.11 Å². The van der Waals surface area contributed by atoms with E-state index in [-0.39, 0.29) is 11.9 Å². The van der Waals surface area contributed by atoms with E-state index in [1.165, 1.54) is 19.8 Å². The molecule has 0 bridgehead atoms. The highest BCUT2D eigenvalue weighted by Gasteiger charge is 2.13. The summed E-state index contributed by atoms with van der Waals surface area (Å²) >= 11 is 0. The van der Waals surface area contributed by atoms with Crippen LogP contribution in [0.25, 0.3) is 0 Å². The molecule has 0 aliphatic heterocycles. The Labute approximate surface area is 70.5 Å². The van der Waals surface area contributed by atoms with Gasteiger partial charge >= 0.3 is 5.97 Å². The number of carbonyl (C=O) groups is 1. The Morgan fingerprint density at radius 3 is 3.08 bits per heavy atom. The molecule has 0 fully saturated rings. The SMILES string of the molecule is COC(=O)CC(C)c1cocn1. The van der Waals surface area contributed by atoms with Crippen molar-refractivity contribution in [1.82, 2.24) is 4.98 Å². The van der Waals surface area contributed by atoms with E-state index in [9.17, 15) is 4.79 Å². The van der Waals surface area contributed by atoms with Crippen LogP contribution in [-0.2, 0) is 9.53 Å². The molecule has 0 saturated heterocycles. The number of hydrogen-bond acceptors (Lipinski definition) is 4. The maximum absolute atomic E-state index is 10.8. The van der Waals surface area contributed by atoms with Gasteiger partial charge in [0.1, 0.15) is 6.26 Å². The number of nitrogens with zero attached hydrogens (tertiary/aromatic N) is 1. The fourth-order valence-electron chi connectivity index (χ4n) is 0.903. The van der Waals surface area contributed by atoms with Crippen LogP contribution in [0.5, 0.6) is 0 Å². The van der Waals surface area contributed by atoms with E-state index in [0.717, 1.165) is 5.69 Å². The second kappa shape index (κ2) is 3.90. The van der Waals surface area contributed by atoms with Crippen LogP contribution >= 0.6 is 0 Å². The van der Waals surface area contributed by atoms with Crippen LogP contribution < -0.4 is 0 Å². The highest BCUT2D eigenvalue weighted by molar-refractivity contribution is 5.70. The number of oxazole rings is 1. The van der Waals surface area contributed by atoms with E-state index in [2.05, 4.69) is 9.72 Å². The van der Waals surface area contributed by atoms with Crippen LogP contribution in [-0.4, -0.2) is 18.1 Å². The average Bonchev–Trinajstić information content (AvgIpc) is 2.56. The van der Waals surface area contributed by atoms with Crippen molar-refractivity contribution in [2.45, 2.75) is 19.3 Å². The zero-order valence-electron chi connectivity index (χ0n) is 7.11. The fourth-order valence-corrected chi connectivity index (χ4v) is 0.903. The van der Waals surface area contributed by atoms with Crippen LogP contribution in [0.1, 0.15) is 25.0 Å². The summed E-state index contributed by atoms with van der Waals surface area (Å²) in [6.45, 7) is 1.90. The lowest BCUT2D eigenvalue weighted by molar-refractivity contribution is -0.141. The molecule has 12 heavy (non-hydrogen) atoms. The Bertz CT molecular complexity index is 243. The molecular formula is C8H11NO3. The Hall–Kier alpha value is -1.32. The molecule has 4 heteroatoms. The largest absolute Gasteiger partial charge is 0.469 e. The van der Waals surface area contributed by atoms with Gasteiger partial charge in [-0.05, 0) is 0 Å². The molecule has 1 unspecified atom stereocenters. The summed E-state index contributed by atoms with van der Waals surface area (Å²) in [6.07, 6.45) is 3.22. The van der Waals surface area contributed by atoms with Gasteiger partial charge < -0.3 is 9.15 Å². The Balaban J connectivity index is 2.49. The van der Waals surface area contributed by atoms with Crippen LogP contribution in [0.2, 0.25) is 0 Å². The summed E-state index contributed by atoms with van der Waals surface area (Å²) in [5.41, 5.74) is 0.778. The van der Waals surface area contributed by atoms with E-state index in [1.54, 1.807) is 0 Å². The summed E-state index contributed by atoms with van der Waals surface area (Å²) in [5, 5.41) is 0. The van der Waals surface area contributed by atoms with Gasteiger partial charge in [0.25, 0.3) is 0 Å². The zero-order chi connectivity index (χ0) is 8.97. The number of esters is 1. The molecule has 1 aromatic heterocycles. The number of rotatable bonds is 3. The first-order valence-electron chi connectivity index (χ1n) is 3.69. The third-order valence-corrected chi connectivity index (χ3v) is 1.66. The summed E-state index contributed by atoms with van der Waals surface area (Å²) in [6, 6.07) is 0. The second-order valence-corrected chi connectivity index (χ2v) is 2.59. The Kier molecular flexibility index (Phi) is 2.85. The smallest absolute Gasteiger partial charge is 0.306 e. The van der Waals surface area contributed by atoms with Gasteiger partial charge in [0.05, 0.1) is 19.2 Å². The number of ether oxygens (including phenoxy) is 1. The molecule has 0 aliphatic carbocycles. The number of carbonyl (C=O) groups excluding carboxylic acids is 1. The van der Waals surface area contributed by atoms with E-state index in [1.807, 2.05) is 6.92 Å². The fraction of sp³-hybridized carbons (Fsp3) is 0.500. The van der Waals surface area contributed by atoms with Crippen LogP contribution in [0.15, 0.2) is 17.1 Å². The highest BCUT2D eigenvalue weighted by Crippen LogP contribution is 2.16. The molecule has 0 spiro atoms. The lowest BCUT2D eigenvalue weighted by Crippen LogP contribution is -2.05. The van der Waals surface area contributed by atoms with Crippen molar-refractivity contribution in [2.24, 2.45) is 0 Å². The van der Waals surface area contributed by atoms with Crippen LogP contribution in [0.4, 0.5) is 0 Å². The Morgan fingerprint density at radius 1 is 1.83 bits per heavy atom. The molecule has 1 heterocycles. The Morgan fingerprint density at radius 2 is 2.58 bits per heavy atom. The van der Waals surface area contributed by atoms with Gasteiger partial charge in [0.2, 0.25) is 0 Å². The first-order valence-corrected chi connectivity index (χ1v) is 3.69. The molecule has 0 N–H and O–H groups in total. The number of methoxy groups -OCH3 is 1. The minimum absolute atomic E-state index is 0.0520. The van der Waals surface area contributed by atoms with Crippen LogP contribution in [0.3, 0.4) is 0 Å². The van der Waals surface area contributed by atoms with Crippen molar-refractivity contribution in [1.29, 1.82) is 0 Å². The van der Waals surface area contributed by atoms with E-state index in [4.69, 9.17) is 4.42 Å². The van der Waals surface area contributed by atoms with Gasteiger partial charge in [-0.25, -0.2) is 4.98 Å². The third kappa shape index (κ3) is 2.08. The summed E-state index contributed by atoms with van der Waals surface area (Å²) in [4.78, 5) is 14.8. The average molecular weight is 169 g/mol. The van der Waals surface area contributed by atoms with Gasteiger partial charge in [0, 0.05) is 5.92 Å². The summed E-state index contributed by atoms with van der Waals surface area (Å²) in [5.74, 6) is -0.179. The molecule has 1 rings (SSSR count). The summed E-state index contributed by atoms with van der Waals surface area (Å²) < 4.78 is 9.31. The van der Waals surface area contributed by atoms with Gasteiger partial charge in [-0.3, -0.25) is 4.79 Å². The molecule has 1 aromatic rings. The van der Waals surface area contributed by atoms with E-state index < -0.39 is 0 Å². The topological polar surface area (TPSA) is 52.3 Å². The normalized spacial score (nSPS) is 12.5. The standard InChI is InChI=1S/C8H11NO3/c1-6(3-8(10)11-2)7-4-12-5-9-7/h4-6H,3H2,1-2H3. The molecule has 0 aliphatic rings. The molecule has 66 valence electrons. The van der Waals surface area contributed by atoms with Gasteiger partial charge in [-0.15, -0.1) is 0 Å². The lowest BCUT2D eigenvalue weighted by Gasteiger charge is -2.04. The first-order chi connectivity index (χ1) is 5.74. The zero-order valence-corrected chi connectivity index (χ0v) is 7.11. The molecular weight excluding hydrogens is 158 g/mol. The molecule has 0 aromatic carbocycles. The molecule has 0 amide bonds. The minimum Gasteiger partial charge on any atom is -0.469 e. The molecule has 4 nitrogen and oxygen atoms in total. The number of hydrogen-bond donors (Lipinski definition) is 0. The van der Waals surface area contributed by atoms with Crippen molar-refractivity contribution >= 4 is 5.97 Å². The maximum atomic E-state index is 10.8. The van der Waals surface area contributed by atoms with Crippen molar-refractivity contribution in [3.05, 3.63) is 18.4 Å². The van der Waals surface area contributed by atoms with Crippen molar-refractivity contribution < 1.29 is 13.9 Å². The molecule has 1 atom stereocenters. The van der Waals surface area contributed by atoms with E-state index >= 15 is 0 Å². The van der Waals surface area contributed by atoms with Crippen molar-refractivity contribution in [3.63, 3.8) is 0 Å². The molecule has 0 saturated carbocycles. The summed E-state index contributed by atoms with van der Waals surface area (Å²) in [7, 11) is 1.37. The maximum Gasteiger partial charge on any atom is 0.306 e. The molecule has 0 radical (unpaired) electrons. The lowest BCUT2D eigenvalue weighted by atomic mass is 10.1. The van der Waals surface area contributed by atoms with Gasteiger partial charge in [-0.2, -0.15) is 0 Å². The predicted molar refractivity (Wildman–Crippen MR) is 41.6 cm³/mol. The van der Waals surface area contributed by atoms with Gasteiger partial charge in [-0.1, -0.05) is 6.92 Å². The predicted octanol–water partition coefficient (Wildman–Crippen LogP) is 1.34. The third-order valence-electron chi connectivity index (χ3n) is 1.66. The van der Waals surface area contributed by atoms with Gasteiger partial charge in [0.15, 0.2) is 6.39 Å². The minimum atomic E-state index is -0.231. The van der Waals surface area contributed by atoms with E-state index in [0.29, 0.717) is 6.42 Å². The van der Waals surface area contributed by atoms with Crippen molar-refractivity contribution in [3.8, 4) is 0 Å². The second-order valence-electron chi connectivity index (χ2n) is 2.59. The monoisotopic (exact) mass is 169 g/mol. The first kappa shape index (κ1) is 8.77. The number of aromatic nitrogens is 1. The highest BCUT2D eigenvalue weighted by atomic mass is 16.5. The van der Waals surface area contributed by atoms with Crippen LogP contribution in [0, 0.1) is 0 Å².